The molecule has 0 bridgehead atoms. The minimum Gasteiger partial charge on any atom is -0.330 e. The molecule has 3 heteroatoms. The zero-order valence-electron chi connectivity index (χ0n) is 4.09. The van der Waals surface area contributed by atoms with E-state index in [4.69, 9.17) is 5.73 Å². The van der Waals surface area contributed by atoms with Gasteiger partial charge in [-0.1, -0.05) is 0 Å². The average molecular weight is 103 g/mol. The van der Waals surface area contributed by atoms with E-state index in [0.717, 1.165) is 0 Å². The first-order valence-electron chi connectivity index (χ1n) is 2.38. The summed E-state index contributed by atoms with van der Waals surface area (Å²) in [5, 5.41) is 0. The number of rotatable bonds is 1. The van der Waals surface area contributed by atoms with Gasteiger partial charge in [0.2, 0.25) is 0 Å². The first-order chi connectivity index (χ1) is 3.43. The lowest BCUT2D eigenvalue weighted by molar-refractivity contribution is -0.248. The minimum atomic E-state index is 0.431. The molecule has 1 saturated heterocycles. The summed E-state index contributed by atoms with van der Waals surface area (Å²) in [6, 6.07) is 0. The lowest BCUT2D eigenvalue weighted by atomic mass is 10.2. The van der Waals surface area contributed by atoms with E-state index in [1.165, 1.54) is 0 Å². The SMILES string of the molecule is NCC1COOC1. The van der Waals surface area contributed by atoms with Crippen molar-refractivity contribution in [3.63, 3.8) is 0 Å². The molecule has 0 atom stereocenters. The zero-order valence-corrected chi connectivity index (χ0v) is 4.09. The van der Waals surface area contributed by atoms with Crippen molar-refractivity contribution < 1.29 is 9.78 Å². The Morgan fingerprint density at radius 3 is 2.29 bits per heavy atom. The van der Waals surface area contributed by atoms with E-state index >= 15 is 0 Å². The summed E-state index contributed by atoms with van der Waals surface area (Å²) >= 11 is 0. The molecule has 0 radical (unpaired) electrons. The average Bonchev–Trinajstić information content (AvgIpc) is 2.14. The maximum atomic E-state index is 5.27. The molecule has 0 aromatic heterocycles. The second-order valence-electron chi connectivity index (χ2n) is 1.67. The fourth-order valence-electron chi connectivity index (χ4n) is 0.473. The second-order valence-corrected chi connectivity index (χ2v) is 1.67. The Labute approximate surface area is 42.3 Å². The Morgan fingerprint density at radius 1 is 1.43 bits per heavy atom. The van der Waals surface area contributed by atoms with Crippen molar-refractivity contribution in [3.8, 4) is 0 Å². The van der Waals surface area contributed by atoms with Gasteiger partial charge in [0.05, 0.1) is 13.2 Å². The van der Waals surface area contributed by atoms with Crippen molar-refractivity contribution in [2.45, 2.75) is 0 Å². The summed E-state index contributed by atoms with van der Waals surface area (Å²) in [6.45, 7) is 1.99. The molecular formula is C4H9NO2. The van der Waals surface area contributed by atoms with E-state index in [9.17, 15) is 0 Å². The second kappa shape index (κ2) is 2.26. The van der Waals surface area contributed by atoms with Gasteiger partial charge in [-0.15, -0.1) is 0 Å². The van der Waals surface area contributed by atoms with Gasteiger partial charge in [0.1, 0.15) is 0 Å². The van der Waals surface area contributed by atoms with Crippen molar-refractivity contribution in [1.82, 2.24) is 0 Å². The quantitative estimate of drug-likeness (QED) is 0.456. The summed E-state index contributed by atoms with van der Waals surface area (Å²) in [6.07, 6.45) is 0. The van der Waals surface area contributed by atoms with Crippen molar-refractivity contribution in [3.05, 3.63) is 0 Å². The Bertz CT molecular complexity index is 51.7. The van der Waals surface area contributed by atoms with Crippen LogP contribution in [0.15, 0.2) is 0 Å². The molecule has 0 aliphatic carbocycles. The number of nitrogens with two attached hydrogens (primary N) is 1. The zero-order chi connectivity index (χ0) is 5.11. The van der Waals surface area contributed by atoms with E-state index in [1.54, 1.807) is 0 Å². The third-order valence-corrected chi connectivity index (χ3v) is 1.02. The topological polar surface area (TPSA) is 44.5 Å². The predicted octanol–water partition coefficient (Wildman–Crippen LogP) is -0.477. The van der Waals surface area contributed by atoms with Crippen molar-refractivity contribution in [2.75, 3.05) is 19.8 Å². The van der Waals surface area contributed by atoms with E-state index in [1.807, 2.05) is 0 Å². The summed E-state index contributed by atoms with van der Waals surface area (Å²) in [5.74, 6) is 0.431. The fraction of sp³-hybridized carbons (Fsp3) is 1.00. The number of hydrogen-bond donors (Lipinski definition) is 1. The first kappa shape index (κ1) is 5.03. The normalized spacial score (nSPS) is 23.6. The van der Waals surface area contributed by atoms with Gasteiger partial charge < -0.3 is 5.73 Å². The van der Waals surface area contributed by atoms with Gasteiger partial charge in [-0.2, -0.15) is 0 Å². The molecule has 2 N–H and O–H groups in total. The predicted molar refractivity (Wildman–Crippen MR) is 24.4 cm³/mol. The first-order valence-corrected chi connectivity index (χ1v) is 2.38. The van der Waals surface area contributed by atoms with E-state index < -0.39 is 0 Å². The highest BCUT2D eigenvalue weighted by atomic mass is 17.2. The highest BCUT2D eigenvalue weighted by Crippen LogP contribution is 2.03. The van der Waals surface area contributed by atoms with Gasteiger partial charge in [-0.3, -0.25) is 0 Å². The van der Waals surface area contributed by atoms with Crippen LogP contribution in [0.4, 0.5) is 0 Å². The molecule has 1 heterocycles. The summed E-state index contributed by atoms with van der Waals surface area (Å²) in [5.41, 5.74) is 5.27. The van der Waals surface area contributed by atoms with E-state index in [-0.39, 0.29) is 0 Å². The molecule has 1 aliphatic rings. The third kappa shape index (κ3) is 1.12. The van der Waals surface area contributed by atoms with Gasteiger partial charge >= 0.3 is 0 Å². The number of hydrogen-bond acceptors (Lipinski definition) is 3. The molecule has 7 heavy (non-hydrogen) atoms. The fourth-order valence-corrected chi connectivity index (χ4v) is 0.473. The van der Waals surface area contributed by atoms with Gasteiger partial charge in [0.15, 0.2) is 0 Å². The minimum absolute atomic E-state index is 0.431. The molecule has 1 aliphatic heterocycles. The van der Waals surface area contributed by atoms with Crippen LogP contribution in [-0.4, -0.2) is 19.8 Å². The van der Waals surface area contributed by atoms with Gasteiger partial charge in [-0.05, 0) is 6.54 Å². The lowest BCUT2D eigenvalue weighted by Gasteiger charge is -1.94. The molecule has 42 valence electrons. The van der Waals surface area contributed by atoms with Crippen LogP contribution in [0, 0.1) is 5.92 Å². The van der Waals surface area contributed by atoms with Crippen LogP contribution in [0.1, 0.15) is 0 Å². The van der Waals surface area contributed by atoms with Crippen LogP contribution < -0.4 is 5.73 Å². The highest BCUT2D eigenvalue weighted by Gasteiger charge is 2.13. The molecule has 0 saturated carbocycles. The molecule has 0 unspecified atom stereocenters. The lowest BCUT2D eigenvalue weighted by Crippen LogP contribution is -2.16. The van der Waals surface area contributed by atoms with Crippen LogP contribution in [0.25, 0.3) is 0 Å². The molecule has 0 spiro atoms. The van der Waals surface area contributed by atoms with Crippen molar-refractivity contribution >= 4 is 0 Å². The van der Waals surface area contributed by atoms with Crippen LogP contribution in [0.5, 0.6) is 0 Å². The summed E-state index contributed by atoms with van der Waals surface area (Å²) in [7, 11) is 0. The molecule has 0 aromatic carbocycles. The van der Waals surface area contributed by atoms with Gasteiger partial charge in [0.25, 0.3) is 0 Å². The molecule has 1 rings (SSSR count). The monoisotopic (exact) mass is 103 g/mol. The van der Waals surface area contributed by atoms with Crippen molar-refractivity contribution in [2.24, 2.45) is 11.7 Å². The Morgan fingerprint density at radius 2 is 2.00 bits per heavy atom. The van der Waals surface area contributed by atoms with Crippen LogP contribution in [-0.2, 0) is 9.78 Å². The molecule has 1 fully saturated rings. The van der Waals surface area contributed by atoms with Gasteiger partial charge in [-0.25, -0.2) is 9.78 Å². The summed E-state index contributed by atoms with van der Waals surface area (Å²) in [4.78, 5) is 9.14. The maximum absolute atomic E-state index is 5.27. The van der Waals surface area contributed by atoms with Crippen LogP contribution in [0.3, 0.4) is 0 Å². The van der Waals surface area contributed by atoms with Crippen molar-refractivity contribution in [1.29, 1.82) is 0 Å². The highest BCUT2D eigenvalue weighted by molar-refractivity contribution is 4.57. The Kier molecular flexibility index (Phi) is 1.62. The molecule has 3 nitrogen and oxygen atoms in total. The maximum Gasteiger partial charge on any atom is 0.0885 e. The van der Waals surface area contributed by atoms with Gasteiger partial charge in [0, 0.05) is 5.92 Å². The molecule has 0 aromatic rings. The Hall–Kier alpha value is -0.120. The van der Waals surface area contributed by atoms with E-state index in [2.05, 4.69) is 9.78 Å². The third-order valence-electron chi connectivity index (χ3n) is 1.02. The standard InChI is InChI=1S/C4H9NO2/c5-1-4-2-6-7-3-4/h4H,1-3,5H2. The largest absolute Gasteiger partial charge is 0.330 e. The molecular weight excluding hydrogens is 94.0 g/mol. The summed E-state index contributed by atoms with van der Waals surface area (Å²) < 4.78 is 0. The smallest absolute Gasteiger partial charge is 0.0885 e. The van der Waals surface area contributed by atoms with Crippen LogP contribution in [0.2, 0.25) is 0 Å². The van der Waals surface area contributed by atoms with Crippen LogP contribution >= 0.6 is 0 Å². The Balaban J connectivity index is 2.14. The van der Waals surface area contributed by atoms with E-state index in [0.29, 0.717) is 25.7 Å². The molecule has 0 amide bonds.